The van der Waals surface area contributed by atoms with E-state index in [-0.39, 0.29) is 5.69 Å². The lowest BCUT2D eigenvalue weighted by molar-refractivity contribution is -0.384. The maximum Gasteiger partial charge on any atom is 0.416 e. The number of hydrogen-bond acceptors (Lipinski definition) is 5. The summed E-state index contributed by atoms with van der Waals surface area (Å²) in [5, 5.41) is 15.4. The van der Waals surface area contributed by atoms with E-state index < -0.39 is 22.4 Å². The number of nitro groups is 1. The first-order valence-corrected chi connectivity index (χ1v) is 9.02. The molecule has 0 amide bonds. The fourth-order valence-electron chi connectivity index (χ4n) is 2.35. The minimum atomic E-state index is -4.69. The van der Waals surface area contributed by atoms with Crippen molar-refractivity contribution in [2.75, 3.05) is 5.43 Å². The highest BCUT2D eigenvalue weighted by atomic mass is 79.9. The van der Waals surface area contributed by atoms with Crippen LogP contribution in [0.5, 0.6) is 0 Å². The van der Waals surface area contributed by atoms with Crippen molar-refractivity contribution < 1.29 is 22.5 Å². The van der Waals surface area contributed by atoms with E-state index in [9.17, 15) is 23.3 Å². The van der Waals surface area contributed by atoms with E-state index in [1.807, 2.05) is 0 Å². The van der Waals surface area contributed by atoms with Crippen molar-refractivity contribution in [2.24, 2.45) is 5.10 Å². The van der Waals surface area contributed by atoms with E-state index in [4.69, 9.17) is 16.0 Å². The summed E-state index contributed by atoms with van der Waals surface area (Å²) < 4.78 is 44.5. The van der Waals surface area contributed by atoms with Crippen molar-refractivity contribution in [3.05, 3.63) is 79.5 Å². The molecular formula is C18H10BrClF3N3O3. The van der Waals surface area contributed by atoms with Gasteiger partial charge in [-0.25, -0.2) is 0 Å². The topological polar surface area (TPSA) is 80.7 Å². The van der Waals surface area contributed by atoms with Gasteiger partial charge in [0.05, 0.1) is 21.7 Å². The van der Waals surface area contributed by atoms with Gasteiger partial charge in [-0.15, -0.1) is 0 Å². The number of nitro benzene ring substituents is 1. The number of furan rings is 1. The van der Waals surface area contributed by atoms with Crippen molar-refractivity contribution >= 4 is 45.1 Å². The van der Waals surface area contributed by atoms with Crippen molar-refractivity contribution in [3.8, 4) is 11.3 Å². The molecule has 3 rings (SSSR count). The highest BCUT2D eigenvalue weighted by molar-refractivity contribution is 9.10. The van der Waals surface area contributed by atoms with Gasteiger partial charge < -0.3 is 4.42 Å². The first-order valence-electron chi connectivity index (χ1n) is 7.85. The molecule has 1 heterocycles. The van der Waals surface area contributed by atoms with Crippen LogP contribution in [0.3, 0.4) is 0 Å². The molecule has 0 unspecified atom stereocenters. The summed E-state index contributed by atoms with van der Waals surface area (Å²) >= 11 is 9.34. The van der Waals surface area contributed by atoms with Crippen molar-refractivity contribution in [3.63, 3.8) is 0 Å². The Kier molecular flexibility index (Phi) is 5.94. The number of alkyl halides is 3. The Bertz CT molecular complexity index is 1100. The van der Waals surface area contributed by atoms with Crippen LogP contribution in [0.2, 0.25) is 5.02 Å². The van der Waals surface area contributed by atoms with Gasteiger partial charge in [0.25, 0.3) is 5.69 Å². The standard InChI is InChI=1S/C18H10BrClF3N3O3/c19-13-4-1-10(7-14(13)20)17-6-3-12(29-17)9-24-25-15-5-2-11(18(21,22)23)8-16(15)26(27)28/h1-9,25H/b24-9-. The van der Waals surface area contributed by atoms with Gasteiger partial charge in [0.1, 0.15) is 17.2 Å². The molecule has 0 saturated carbocycles. The SMILES string of the molecule is O=[N+]([O-])c1cc(C(F)(F)F)ccc1N/N=C\c1ccc(-c2ccc(Br)c(Cl)c2)o1. The maximum atomic E-state index is 12.7. The summed E-state index contributed by atoms with van der Waals surface area (Å²) in [5.41, 5.74) is 1.03. The van der Waals surface area contributed by atoms with Crippen LogP contribution in [0, 0.1) is 10.1 Å². The Morgan fingerprint density at radius 3 is 2.59 bits per heavy atom. The van der Waals surface area contributed by atoms with Crippen LogP contribution >= 0.6 is 27.5 Å². The molecule has 0 aliphatic rings. The molecule has 0 aliphatic carbocycles. The first kappa shape index (κ1) is 20.9. The summed E-state index contributed by atoms with van der Waals surface area (Å²) in [4.78, 5) is 10.1. The zero-order chi connectivity index (χ0) is 21.2. The van der Waals surface area contributed by atoms with Gasteiger partial charge in [0.15, 0.2) is 0 Å². The molecule has 0 bridgehead atoms. The monoisotopic (exact) mass is 487 g/mol. The number of hydrazone groups is 1. The Morgan fingerprint density at radius 1 is 1.17 bits per heavy atom. The Hall–Kier alpha value is -2.85. The van der Waals surface area contributed by atoms with Gasteiger partial charge in [-0.05, 0) is 52.3 Å². The number of halogens is 5. The molecule has 0 spiro atoms. The van der Waals surface area contributed by atoms with Gasteiger partial charge in [-0.3, -0.25) is 15.5 Å². The highest BCUT2D eigenvalue weighted by Gasteiger charge is 2.33. The number of rotatable bonds is 5. The second-order valence-electron chi connectivity index (χ2n) is 5.69. The summed E-state index contributed by atoms with van der Waals surface area (Å²) in [6, 6.07) is 10.7. The molecule has 0 atom stereocenters. The molecule has 1 N–H and O–H groups in total. The Labute approximate surface area is 175 Å². The van der Waals surface area contributed by atoms with Crippen LogP contribution in [-0.2, 0) is 6.18 Å². The molecule has 0 fully saturated rings. The lowest BCUT2D eigenvalue weighted by atomic mass is 10.1. The molecule has 0 saturated heterocycles. The zero-order valence-corrected chi connectivity index (χ0v) is 16.5. The molecule has 0 aliphatic heterocycles. The molecular weight excluding hydrogens is 479 g/mol. The van der Waals surface area contributed by atoms with E-state index in [0.29, 0.717) is 22.6 Å². The molecule has 0 radical (unpaired) electrons. The number of hydrogen-bond donors (Lipinski definition) is 1. The van der Waals surface area contributed by atoms with Gasteiger partial charge in [-0.2, -0.15) is 18.3 Å². The van der Waals surface area contributed by atoms with E-state index >= 15 is 0 Å². The third-order valence-corrected chi connectivity index (χ3v) is 4.96. The quantitative estimate of drug-likeness (QED) is 0.245. The predicted molar refractivity (Wildman–Crippen MR) is 106 cm³/mol. The minimum Gasteiger partial charge on any atom is -0.455 e. The van der Waals surface area contributed by atoms with E-state index in [0.717, 1.165) is 22.2 Å². The summed E-state index contributed by atoms with van der Waals surface area (Å²) in [6.07, 6.45) is -3.45. The van der Waals surface area contributed by atoms with Gasteiger partial charge in [0.2, 0.25) is 0 Å². The Balaban J connectivity index is 1.77. The molecule has 6 nitrogen and oxygen atoms in total. The normalized spacial score (nSPS) is 11.8. The van der Waals surface area contributed by atoms with Crippen LogP contribution in [0.4, 0.5) is 24.5 Å². The van der Waals surface area contributed by atoms with Gasteiger partial charge in [-0.1, -0.05) is 17.7 Å². The number of nitrogens with one attached hydrogen (secondary N) is 1. The molecule has 3 aromatic rings. The number of nitrogens with zero attached hydrogens (tertiary/aromatic N) is 2. The second-order valence-corrected chi connectivity index (χ2v) is 6.95. The summed E-state index contributed by atoms with van der Waals surface area (Å²) in [7, 11) is 0. The Morgan fingerprint density at radius 2 is 1.93 bits per heavy atom. The lowest BCUT2D eigenvalue weighted by Gasteiger charge is -2.08. The van der Waals surface area contributed by atoms with E-state index in [1.54, 1.807) is 30.3 Å². The summed E-state index contributed by atoms with van der Waals surface area (Å²) in [5.74, 6) is 0.836. The molecule has 2 aromatic carbocycles. The fourth-order valence-corrected chi connectivity index (χ4v) is 2.77. The molecule has 11 heteroatoms. The second kappa shape index (κ2) is 8.26. The molecule has 150 valence electrons. The van der Waals surface area contributed by atoms with Crippen LogP contribution in [0.15, 0.2) is 62.5 Å². The van der Waals surface area contributed by atoms with Gasteiger partial charge >= 0.3 is 6.18 Å². The number of anilines is 1. The van der Waals surface area contributed by atoms with Crippen LogP contribution < -0.4 is 5.43 Å². The van der Waals surface area contributed by atoms with E-state index in [2.05, 4.69) is 26.5 Å². The fraction of sp³-hybridized carbons (Fsp3) is 0.0556. The van der Waals surface area contributed by atoms with Crippen LogP contribution in [-0.4, -0.2) is 11.1 Å². The molecule has 1 aromatic heterocycles. The smallest absolute Gasteiger partial charge is 0.416 e. The summed E-state index contributed by atoms with van der Waals surface area (Å²) in [6.45, 7) is 0. The lowest BCUT2D eigenvalue weighted by Crippen LogP contribution is -2.06. The van der Waals surface area contributed by atoms with Crippen LogP contribution in [0.25, 0.3) is 11.3 Å². The highest BCUT2D eigenvalue weighted by Crippen LogP contribution is 2.35. The van der Waals surface area contributed by atoms with E-state index in [1.165, 1.54) is 6.21 Å². The zero-order valence-electron chi connectivity index (χ0n) is 14.2. The largest absolute Gasteiger partial charge is 0.455 e. The molecule has 29 heavy (non-hydrogen) atoms. The number of benzene rings is 2. The predicted octanol–water partition coefficient (Wildman–Crippen LogP) is 6.74. The van der Waals surface area contributed by atoms with Crippen molar-refractivity contribution in [2.45, 2.75) is 6.18 Å². The average Bonchev–Trinajstić information content (AvgIpc) is 3.12. The minimum absolute atomic E-state index is 0.189. The average molecular weight is 489 g/mol. The third kappa shape index (κ3) is 4.96. The van der Waals surface area contributed by atoms with Crippen molar-refractivity contribution in [1.82, 2.24) is 0 Å². The third-order valence-electron chi connectivity index (χ3n) is 3.73. The van der Waals surface area contributed by atoms with Gasteiger partial charge in [0, 0.05) is 16.1 Å². The maximum absolute atomic E-state index is 12.7. The van der Waals surface area contributed by atoms with Crippen molar-refractivity contribution in [1.29, 1.82) is 0 Å². The first-order chi connectivity index (χ1) is 13.6. The van der Waals surface area contributed by atoms with Crippen LogP contribution in [0.1, 0.15) is 11.3 Å².